The van der Waals surface area contributed by atoms with Crippen molar-refractivity contribution in [1.29, 1.82) is 0 Å². The molecular weight excluding hydrogens is 182 g/mol. The maximum absolute atomic E-state index is 9.06. The van der Waals surface area contributed by atoms with Gasteiger partial charge in [-0.2, -0.15) is 0 Å². The molecule has 0 aromatic heterocycles. The number of hydrogen-bond acceptors (Lipinski definition) is 7. The van der Waals surface area contributed by atoms with Gasteiger partial charge in [-0.05, 0) is 0 Å². The van der Waals surface area contributed by atoms with Crippen molar-refractivity contribution in [1.82, 2.24) is 4.90 Å². The van der Waals surface area contributed by atoms with Crippen LogP contribution >= 0.6 is 0 Å². The maximum atomic E-state index is 9.06. The fourth-order valence-corrected chi connectivity index (χ4v) is 0.864. The molecule has 0 aliphatic carbocycles. The normalized spacial score (nSPS) is 15.0. The highest BCUT2D eigenvalue weighted by Gasteiger charge is 2.35. The summed E-state index contributed by atoms with van der Waals surface area (Å²) >= 11 is 0. The van der Waals surface area contributed by atoms with Crippen molar-refractivity contribution in [3.05, 3.63) is 0 Å². The van der Waals surface area contributed by atoms with Crippen molar-refractivity contribution in [2.75, 3.05) is 26.4 Å². The minimum Gasteiger partial charge on any atom is -0.395 e. The standard InChI is InChI=1S/C6H15NO6/c8-2-1-7(5(11)3-9)6(12,13)4-10/h5,8-13H,1-4H2. The molecule has 6 N–H and O–H groups in total. The van der Waals surface area contributed by atoms with Crippen LogP contribution in [0, 0.1) is 0 Å². The lowest BCUT2D eigenvalue weighted by Gasteiger charge is -2.35. The van der Waals surface area contributed by atoms with Gasteiger partial charge in [0.1, 0.15) is 12.8 Å². The summed E-state index contributed by atoms with van der Waals surface area (Å²) in [6.45, 7) is -2.50. The second-order valence-corrected chi connectivity index (χ2v) is 2.51. The molecule has 0 aromatic rings. The highest BCUT2D eigenvalue weighted by atomic mass is 16.6. The van der Waals surface area contributed by atoms with Gasteiger partial charge in [-0.1, -0.05) is 0 Å². The van der Waals surface area contributed by atoms with Crippen molar-refractivity contribution < 1.29 is 30.6 Å². The van der Waals surface area contributed by atoms with Crippen LogP contribution in [0.15, 0.2) is 0 Å². The topological polar surface area (TPSA) is 125 Å². The van der Waals surface area contributed by atoms with E-state index in [0.29, 0.717) is 4.90 Å². The highest BCUT2D eigenvalue weighted by molar-refractivity contribution is 4.69. The van der Waals surface area contributed by atoms with E-state index in [9.17, 15) is 0 Å². The number of hydrogen-bond donors (Lipinski definition) is 6. The van der Waals surface area contributed by atoms with Gasteiger partial charge < -0.3 is 30.6 Å². The van der Waals surface area contributed by atoms with Gasteiger partial charge in [-0.15, -0.1) is 0 Å². The van der Waals surface area contributed by atoms with E-state index in [-0.39, 0.29) is 6.54 Å². The molecule has 80 valence electrons. The molecule has 1 atom stereocenters. The van der Waals surface area contributed by atoms with E-state index in [0.717, 1.165) is 0 Å². The molecule has 0 fully saturated rings. The van der Waals surface area contributed by atoms with E-state index >= 15 is 0 Å². The van der Waals surface area contributed by atoms with E-state index in [2.05, 4.69) is 0 Å². The van der Waals surface area contributed by atoms with Gasteiger partial charge in [0, 0.05) is 6.54 Å². The average Bonchev–Trinajstić information content (AvgIpc) is 2.12. The first-order chi connectivity index (χ1) is 5.99. The zero-order valence-corrected chi connectivity index (χ0v) is 7.04. The molecule has 0 amide bonds. The monoisotopic (exact) mass is 197 g/mol. The van der Waals surface area contributed by atoms with Crippen LogP contribution in [0.3, 0.4) is 0 Å². The Balaban J connectivity index is 4.39. The Bertz CT molecular complexity index is 141. The summed E-state index contributed by atoms with van der Waals surface area (Å²) in [4.78, 5) is 0.563. The largest absolute Gasteiger partial charge is 0.395 e. The first kappa shape index (κ1) is 12.7. The molecule has 0 saturated carbocycles. The van der Waals surface area contributed by atoms with Crippen molar-refractivity contribution >= 4 is 0 Å². The summed E-state index contributed by atoms with van der Waals surface area (Å²) in [5.41, 5.74) is 0. The second-order valence-electron chi connectivity index (χ2n) is 2.51. The van der Waals surface area contributed by atoms with Crippen LogP contribution in [0.25, 0.3) is 0 Å². The summed E-state index contributed by atoms with van der Waals surface area (Å²) in [6, 6.07) is 0. The van der Waals surface area contributed by atoms with E-state index in [1.165, 1.54) is 0 Å². The van der Waals surface area contributed by atoms with Gasteiger partial charge in [0.05, 0.1) is 13.2 Å². The zero-order chi connectivity index (χ0) is 10.5. The molecule has 7 heteroatoms. The van der Waals surface area contributed by atoms with Crippen molar-refractivity contribution in [2.24, 2.45) is 0 Å². The molecule has 0 heterocycles. The van der Waals surface area contributed by atoms with Crippen LogP contribution in [-0.2, 0) is 0 Å². The lowest BCUT2D eigenvalue weighted by molar-refractivity contribution is -0.316. The van der Waals surface area contributed by atoms with E-state index < -0.39 is 32.0 Å². The third kappa shape index (κ3) is 3.53. The van der Waals surface area contributed by atoms with Crippen LogP contribution in [0.1, 0.15) is 0 Å². The number of rotatable bonds is 6. The Morgan fingerprint density at radius 2 is 1.69 bits per heavy atom. The van der Waals surface area contributed by atoms with Crippen molar-refractivity contribution in [2.45, 2.75) is 12.1 Å². The van der Waals surface area contributed by atoms with Gasteiger partial charge in [-0.25, -0.2) is 4.90 Å². The minimum atomic E-state index is -2.65. The molecule has 0 radical (unpaired) electrons. The summed E-state index contributed by atoms with van der Waals surface area (Å²) in [7, 11) is 0. The molecule has 7 nitrogen and oxygen atoms in total. The van der Waals surface area contributed by atoms with Crippen LogP contribution in [0.4, 0.5) is 0 Å². The SMILES string of the molecule is OCCN(C(O)CO)C(O)(O)CO. The van der Waals surface area contributed by atoms with Crippen LogP contribution < -0.4 is 0 Å². The van der Waals surface area contributed by atoms with E-state index in [4.69, 9.17) is 30.6 Å². The van der Waals surface area contributed by atoms with Crippen molar-refractivity contribution in [3.63, 3.8) is 0 Å². The number of nitrogens with zero attached hydrogens (tertiary/aromatic N) is 1. The molecule has 0 aromatic carbocycles. The fraction of sp³-hybridized carbons (Fsp3) is 1.00. The Morgan fingerprint density at radius 1 is 1.15 bits per heavy atom. The summed E-state index contributed by atoms with van der Waals surface area (Å²) < 4.78 is 0. The molecule has 0 spiro atoms. The third-order valence-electron chi connectivity index (χ3n) is 1.54. The predicted octanol–water partition coefficient (Wildman–Crippen LogP) is -3.78. The molecule has 0 bridgehead atoms. The van der Waals surface area contributed by atoms with Gasteiger partial charge in [0.25, 0.3) is 5.91 Å². The number of aliphatic hydroxyl groups is 6. The Morgan fingerprint density at radius 3 is 2.00 bits per heavy atom. The molecule has 13 heavy (non-hydrogen) atoms. The maximum Gasteiger partial charge on any atom is 0.251 e. The lowest BCUT2D eigenvalue weighted by Crippen LogP contribution is -2.58. The Kier molecular flexibility index (Phi) is 5.33. The zero-order valence-electron chi connectivity index (χ0n) is 7.04. The van der Waals surface area contributed by atoms with Gasteiger partial charge in [0.2, 0.25) is 0 Å². The fourth-order valence-electron chi connectivity index (χ4n) is 0.864. The summed E-state index contributed by atoms with van der Waals surface area (Å²) in [5.74, 6) is -2.65. The van der Waals surface area contributed by atoms with Gasteiger partial charge in [-0.3, -0.25) is 0 Å². The van der Waals surface area contributed by atoms with Gasteiger partial charge >= 0.3 is 0 Å². The molecule has 0 aliphatic heterocycles. The van der Waals surface area contributed by atoms with Crippen LogP contribution in [0.2, 0.25) is 0 Å². The molecule has 0 rings (SSSR count). The van der Waals surface area contributed by atoms with E-state index in [1.54, 1.807) is 0 Å². The van der Waals surface area contributed by atoms with E-state index in [1.807, 2.05) is 0 Å². The van der Waals surface area contributed by atoms with Crippen LogP contribution in [-0.4, -0.2) is 74.0 Å². The molecular formula is C6H15NO6. The molecule has 1 unspecified atom stereocenters. The predicted molar refractivity (Wildman–Crippen MR) is 41.1 cm³/mol. The number of aliphatic hydroxyl groups excluding tert-OH is 4. The van der Waals surface area contributed by atoms with Crippen LogP contribution in [0.5, 0.6) is 0 Å². The smallest absolute Gasteiger partial charge is 0.251 e. The minimum absolute atomic E-state index is 0.282. The second kappa shape index (κ2) is 5.45. The Labute approximate surface area is 75.1 Å². The Hall–Kier alpha value is -0.280. The quantitative estimate of drug-likeness (QED) is 0.241. The molecule has 0 saturated heterocycles. The summed E-state index contributed by atoms with van der Waals surface area (Å²) in [5, 5.41) is 52.7. The molecule has 0 aliphatic rings. The lowest BCUT2D eigenvalue weighted by atomic mass is 10.3. The third-order valence-corrected chi connectivity index (χ3v) is 1.54. The first-order valence-electron chi connectivity index (χ1n) is 3.71. The first-order valence-corrected chi connectivity index (χ1v) is 3.71. The summed E-state index contributed by atoms with van der Waals surface area (Å²) in [6.07, 6.45) is -1.55. The van der Waals surface area contributed by atoms with Gasteiger partial charge in [0.15, 0.2) is 0 Å². The average molecular weight is 197 g/mol. The highest BCUT2D eigenvalue weighted by Crippen LogP contribution is 2.09. The van der Waals surface area contributed by atoms with Crippen molar-refractivity contribution in [3.8, 4) is 0 Å².